The standard InChI is InChI=1S/C11H13ClN2OS/c1-14-9-4-2-3-5-10(9)16-11(14)13-7-8(15)6-12/h2-5,8,15H,6-7H2,1H3/t8-/m1/s1. The lowest BCUT2D eigenvalue weighted by molar-refractivity contribution is 0.206. The minimum atomic E-state index is -0.563. The molecule has 1 atom stereocenters. The highest BCUT2D eigenvalue weighted by molar-refractivity contribution is 7.16. The monoisotopic (exact) mass is 256 g/mol. The third kappa shape index (κ3) is 2.29. The molecule has 0 saturated carbocycles. The number of alkyl halides is 1. The molecule has 0 unspecified atom stereocenters. The van der Waals surface area contributed by atoms with E-state index in [0.717, 1.165) is 10.3 Å². The molecule has 5 heteroatoms. The highest BCUT2D eigenvalue weighted by Crippen LogP contribution is 2.14. The average molecular weight is 257 g/mol. The van der Waals surface area contributed by atoms with E-state index in [0.29, 0.717) is 6.54 Å². The smallest absolute Gasteiger partial charge is 0.185 e. The number of halogens is 1. The van der Waals surface area contributed by atoms with Crippen molar-refractivity contribution in [3.8, 4) is 0 Å². The summed E-state index contributed by atoms with van der Waals surface area (Å²) in [5.74, 6) is 0.220. The molecule has 3 nitrogen and oxygen atoms in total. The molecular formula is C11H13ClN2OS. The number of para-hydroxylation sites is 1. The van der Waals surface area contributed by atoms with Gasteiger partial charge in [-0.25, -0.2) is 0 Å². The first kappa shape index (κ1) is 11.6. The third-order valence-electron chi connectivity index (χ3n) is 2.33. The Balaban J connectivity index is 2.41. The number of aliphatic hydroxyl groups excluding tert-OH is 1. The number of aliphatic hydroxyl groups is 1. The van der Waals surface area contributed by atoms with E-state index in [2.05, 4.69) is 17.1 Å². The van der Waals surface area contributed by atoms with E-state index in [9.17, 15) is 5.11 Å². The summed E-state index contributed by atoms with van der Waals surface area (Å²) < 4.78 is 3.23. The Labute approximate surface area is 103 Å². The topological polar surface area (TPSA) is 37.5 Å². The van der Waals surface area contributed by atoms with Gasteiger partial charge in [0.2, 0.25) is 0 Å². The maximum absolute atomic E-state index is 9.35. The molecule has 0 aliphatic carbocycles. The molecule has 2 rings (SSSR count). The normalized spacial score (nSPS) is 14.6. The number of aromatic nitrogens is 1. The Bertz CT molecular complexity index is 546. The van der Waals surface area contributed by atoms with E-state index in [1.165, 1.54) is 4.70 Å². The lowest BCUT2D eigenvalue weighted by atomic mass is 10.3. The van der Waals surface area contributed by atoms with Crippen molar-refractivity contribution in [2.45, 2.75) is 6.10 Å². The van der Waals surface area contributed by atoms with Gasteiger partial charge < -0.3 is 9.67 Å². The summed E-state index contributed by atoms with van der Waals surface area (Å²) in [5, 5.41) is 9.35. The van der Waals surface area contributed by atoms with Crippen molar-refractivity contribution in [2.75, 3.05) is 12.4 Å². The van der Waals surface area contributed by atoms with Crippen LogP contribution in [0.3, 0.4) is 0 Å². The predicted octanol–water partition coefficient (Wildman–Crippen LogP) is 1.74. The molecule has 0 radical (unpaired) electrons. The van der Waals surface area contributed by atoms with Crippen LogP contribution in [0, 0.1) is 0 Å². The number of thiazole rings is 1. The third-order valence-corrected chi connectivity index (χ3v) is 3.84. The first-order chi connectivity index (χ1) is 7.72. The maximum Gasteiger partial charge on any atom is 0.185 e. The van der Waals surface area contributed by atoms with Crippen LogP contribution in [0.4, 0.5) is 0 Å². The summed E-state index contributed by atoms with van der Waals surface area (Å²) in [5.41, 5.74) is 1.16. The number of hydrogen-bond donors (Lipinski definition) is 1. The number of nitrogens with zero attached hydrogens (tertiary/aromatic N) is 2. The van der Waals surface area contributed by atoms with Gasteiger partial charge in [0.15, 0.2) is 4.80 Å². The van der Waals surface area contributed by atoms with E-state index < -0.39 is 6.10 Å². The van der Waals surface area contributed by atoms with Crippen LogP contribution in [0.15, 0.2) is 29.3 Å². The van der Waals surface area contributed by atoms with E-state index in [-0.39, 0.29) is 5.88 Å². The van der Waals surface area contributed by atoms with Gasteiger partial charge in [0.25, 0.3) is 0 Å². The Morgan fingerprint density at radius 1 is 1.50 bits per heavy atom. The molecule has 0 fully saturated rings. The molecule has 1 N–H and O–H groups in total. The zero-order valence-corrected chi connectivity index (χ0v) is 10.5. The first-order valence-corrected chi connectivity index (χ1v) is 6.36. The van der Waals surface area contributed by atoms with Crippen LogP contribution in [0.25, 0.3) is 10.2 Å². The second-order valence-electron chi connectivity index (χ2n) is 3.56. The Kier molecular flexibility index (Phi) is 3.63. The number of hydrogen-bond acceptors (Lipinski definition) is 3. The minimum absolute atomic E-state index is 0.220. The number of benzene rings is 1. The molecule has 1 aromatic carbocycles. The SMILES string of the molecule is Cn1c(=NC[C@H](O)CCl)sc2ccccc21. The molecule has 0 amide bonds. The maximum atomic E-state index is 9.35. The van der Waals surface area contributed by atoms with Gasteiger partial charge >= 0.3 is 0 Å². The van der Waals surface area contributed by atoms with Crippen molar-refractivity contribution in [1.82, 2.24) is 4.57 Å². The Morgan fingerprint density at radius 2 is 2.25 bits per heavy atom. The molecule has 0 spiro atoms. The van der Waals surface area contributed by atoms with Gasteiger partial charge in [-0.1, -0.05) is 23.5 Å². The largest absolute Gasteiger partial charge is 0.390 e. The van der Waals surface area contributed by atoms with Crippen LogP contribution < -0.4 is 4.80 Å². The highest BCUT2D eigenvalue weighted by atomic mass is 35.5. The molecule has 0 aliphatic rings. The van der Waals surface area contributed by atoms with E-state index in [4.69, 9.17) is 11.6 Å². The van der Waals surface area contributed by atoms with Crippen LogP contribution in [0.2, 0.25) is 0 Å². The quantitative estimate of drug-likeness (QED) is 0.835. The van der Waals surface area contributed by atoms with Crippen molar-refractivity contribution in [2.24, 2.45) is 12.0 Å². The van der Waals surface area contributed by atoms with Gasteiger partial charge in [0.1, 0.15) is 0 Å². The van der Waals surface area contributed by atoms with Crippen molar-refractivity contribution in [3.05, 3.63) is 29.1 Å². The van der Waals surface area contributed by atoms with Gasteiger partial charge in [-0.05, 0) is 12.1 Å². The van der Waals surface area contributed by atoms with Gasteiger partial charge in [0.05, 0.1) is 28.7 Å². The molecule has 0 bridgehead atoms. The van der Waals surface area contributed by atoms with Gasteiger partial charge in [-0.15, -0.1) is 11.6 Å². The summed E-state index contributed by atoms with van der Waals surface area (Å²) in [6, 6.07) is 8.14. The molecule has 0 saturated heterocycles. The van der Waals surface area contributed by atoms with Gasteiger partial charge in [-0.3, -0.25) is 4.99 Å². The van der Waals surface area contributed by atoms with E-state index in [1.54, 1.807) is 11.3 Å². The van der Waals surface area contributed by atoms with Crippen LogP contribution in [0.5, 0.6) is 0 Å². The van der Waals surface area contributed by atoms with E-state index in [1.807, 2.05) is 23.7 Å². The van der Waals surface area contributed by atoms with Crippen molar-refractivity contribution in [1.29, 1.82) is 0 Å². The van der Waals surface area contributed by atoms with Crippen LogP contribution in [-0.4, -0.2) is 28.2 Å². The lowest BCUT2D eigenvalue weighted by Gasteiger charge is -2.00. The fraction of sp³-hybridized carbons (Fsp3) is 0.364. The molecule has 0 aliphatic heterocycles. The summed E-state index contributed by atoms with van der Waals surface area (Å²) in [4.78, 5) is 5.27. The molecule has 2 aromatic rings. The fourth-order valence-electron chi connectivity index (χ4n) is 1.46. The summed E-state index contributed by atoms with van der Waals surface area (Å²) in [7, 11) is 1.98. The summed E-state index contributed by atoms with van der Waals surface area (Å²) in [6.45, 7) is 0.351. The summed E-state index contributed by atoms with van der Waals surface area (Å²) >= 11 is 7.14. The Hall–Kier alpha value is -0.840. The molecular weight excluding hydrogens is 244 g/mol. The number of aryl methyl sites for hydroxylation is 1. The van der Waals surface area contributed by atoms with Crippen molar-refractivity contribution < 1.29 is 5.11 Å². The second-order valence-corrected chi connectivity index (χ2v) is 4.88. The summed E-state index contributed by atoms with van der Waals surface area (Å²) in [6.07, 6.45) is -0.563. The zero-order chi connectivity index (χ0) is 11.5. The van der Waals surface area contributed by atoms with Crippen molar-refractivity contribution in [3.63, 3.8) is 0 Å². The van der Waals surface area contributed by atoms with Crippen LogP contribution in [-0.2, 0) is 7.05 Å². The number of rotatable bonds is 3. The molecule has 1 aromatic heterocycles. The van der Waals surface area contributed by atoms with Gasteiger partial charge in [0, 0.05) is 7.05 Å². The second kappa shape index (κ2) is 4.99. The average Bonchev–Trinajstić information content (AvgIpc) is 2.64. The lowest BCUT2D eigenvalue weighted by Crippen LogP contribution is -2.17. The predicted molar refractivity (Wildman–Crippen MR) is 68.0 cm³/mol. The van der Waals surface area contributed by atoms with Crippen molar-refractivity contribution >= 4 is 33.2 Å². The number of fused-ring (bicyclic) bond motifs is 1. The highest BCUT2D eigenvalue weighted by Gasteiger charge is 2.03. The Morgan fingerprint density at radius 3 is 2.94 bits per heavy atom. The first-order valence-electron chi connectivity index (χ1n) is 5.01. The van der Waals surface area contributed by atoms with Gasteiger partial charge in [-0.2, -0.15) is 0 Å². The fourth-order valence-corrected chi connectivity index (χ4v) is 2.59. The zero-order valence-electron chi connectivity index (χ0n) is 8.93. The molecule has 1 heterocycles. The molecule has 86 valence electrons. The molecule has 16 heavy (non-hydrogen) atoms. The minimum Gasteiger partial charge on any atom is -0.390 e. The van der Waals surface area contributed by atoms with E-state index >= 15 is 0 Å². The van der Waals surface area contributed by atoms with Crippen LogP contribution >= 0.6 is 22.9 Å². The van der Waals surface area contributed by atoms with Crippen LogP contribution in [0.1, 0.15) is 0 Å².